The number of carbonyl (C=O) groups is 1. The molecule has 0 unspecified atom stereocenters. The topological polar surface area (TPSA) is 154 Å². The van der Waals surface area contributed by atoms with Crippen LogP contribution in [0.5, 0.6) is 5.75 Å². The van der Waals surface area contributed by atoms with Crippen molar-refractivity contribution in [3.05, 3.63) is 28.6 Å². The first-order valence-corrected chi connectivity index (χ1v) is 12.9. The minimum Gasteiger partial charge on any atom is -0.232 e. The molecule has 0 aliphatic carbocycles. The molecule has 2 rings (SSSR count). The van der Waals surface area contributed by atoms with Gasteiger partial charge in [-0.1, -0.05) is 0 Å². The van der Waals surface area contributed by atoms with E-state index in [0.29, 0.717) is 4.88 Å². The molecule has 0 fully saturated rings. The van der Waals surface area contributed by atoms with Crippen molar-refractivity contribution in [2.75, 3.05) is 5.32 Å². The Morgan fingerprint density at radius 3 is 2.32 bits per heavy atom. The number of phenolic OH excluding ortho intramolecular Hbond substituents is 1. The summed E-state index contributed by atoms with van der Waals surface area (Å²) in [6.45, 7) is 2.84. The summed E-state index contributed by atoms with van der Waals surface area (Å²) in [7, 11) is 1.40. The van der Waals surface area contributed by atoms with Gasteiger partial charge < -0.3 is 0 Å². The summed E-state index contributed by atoms with van der Waals surface area (Å²) >= 11 is -3.89. The van der Waals surface area contributed by atoms with E-state index in [1.807, 2.05) is 0 Å². The Kier molecular flexibility index (Phi) is 7.24. The van der Waals surface area contributed by atoms with E-state index in [1.54, 1.807) is 6.92 Å². The normalized spacial score (nSPS) is 11.4. The SMILES string of the molecule is CC(=O)Nc1c(O)cccc1[As](=O)(O)O.Cc1scnc1S(=O)(=O)Cl. The van der Waals surface area contributed by atoms with E-state index in [2.05, 4.69) is 10.3 Å². The molecule has 9 nitrogen and oxygen atoms in total. The third-order valence-corrected chi connectivity index (χ3v) is 6.86. The fourth-order valence-electron chi connectivity index (χ4n) is 1.60. The van der Waals surface area contributed by atoms with Crippen LogP contribution in [0.15, 0.2) is 28.7 Å². The molecule has 1 amide bonds. The van der Waals surface area contributed by atoms with Crippen molar-refractivity contribution in [2.45, 2.75) is 18.9 Å². The van der Waals surface area contributed by atoms with Gasteiger partial charge in [-0.3, -0.25) is 0 Å². The van der Waals surface area contributed by atoms with Gasteiger partial charge in [0.25, 0.3) is 9.05 Å². The molecule has 0 bridgehead atoms. The number of amides is 1. The number of rotatable bonds is 3. The summed E-state index contributed by atoms with van der Waals surface area (Å²) in [5.74, 6) is -0.880. The Bertz CT molecular complexity index is 923. The Labute approximate surface area is 154 Å². The number of carbonyl (C=O) groups excluding carboxylic acids is 1. The number of anilines is 1. The van der Waals surface area contributed by atoms with Gasteiger partial charge in [0.1, 0.15) is 0 Å². The summed E-state index contributed by atoms with van der Waals surface area (Å²) in [4.78, 5) is 15.0. The molecule has 0 saturated heterocycles. The van der Waals surface area contributed by atoms with E-state index >= 15 is 0 Å². The number of halogens is 1. The number of thiazole rings is 1. The second-order valence-corrected chi connectivity index (χ2v) is 11.4. The first-order chi connectivity index (χ1) is 11.3. The molecule has 1 aromatic heterocycles. The van der Waals surface area contributed by atoms with E-state index in [0.717, 1.165) is 0 Å². The molecule has 0 aliphatic heterocycles. The molecule has 25 heavy (non-hydrogen) atoms. The molecule has 0 atom stereocenters. The molecule has 138 valence electrons. The number of aryl methyl sites for hydroxylation is 1. The minimum atomic E-state index is -5.14. The third kappa shape index (κ3) is 6.46. The summed E-state index contributed by atoms with van der Waals surface area (Å²) in [5, 5.41) is 11.5. The van der Waals surface area contributed by atoms with Crippen molar-refractivity contribution < 1.29 is 30.2 Å². The summed E-state index contributed by atoms with van der Waals surface area (Å²) < 4.78 is 50.0. The number of para-hydroxylation sites is 1. The maximum atomic E-state index is 11.1. The van der Waals surface area contributed by atoms with Crippen LogP contribution in [0.4, 0.5) is 5.69 Å². The number of phenols is 1. The average molecular weight is 473 g/mol. The quantitative estimate of drug-likeness (QED) is 0.282. The number of aromatic nitrogens is 1. The Balaban J connectivity index is 0.000000271. The Morgan fingerprint density at radius 2 is 1.96 bits per heavy atom. The average Bonchev–Trinajstić information content (AvgIpc) is 2.86. The molecule has 0 saturated carbocycles. The Morgan fingerprint density at radius 1 is 1.36 bits per heavy atom. The minimum absolute atomic E-state index is 0.0285. The number of hydrogen-bond acceptors (Lipinski definition) is 7. The van der Waals surface area contributed by atoms with Gasteiger partial charge in [-0.15, -0.1) is 11.3 Å². The number of aromatic hydroxyl groups is 1. The molecule has 0 aliphatic rings. The van der Waals surface area contributed by atoms with Gasteiger partial charge in [-0.2, -0.15) is 0 Å². The smallest absolute Gasteiger partial charge is 0.232 e. The van der Waals surface area contributed by atoms with E-state index in [9.17, 15) is 22.1 Å². The molecule has 2 aromatic rings. The van der Waals surface area contributed by atoms with E-state index in [4.69, 9.17) is 18.9 Å². The van der Waals surface area contributed by atoms with Gasteiger partial charge in [0.2, 0.25) is 0 Å². The van der Waals surface area contributed by atoms with Crippen LogP contribution in [0.25, 0.3) is 0 Å². The van der Waals surface area contributed by atoms with Gasteiger partial charge in [0, 0.05) is 15.6 Å². The van der Waals surface area contributed by atoms with Crippen molar-refractivity contribution in [2.24, 2.45) is 0 Å². The van der Waals surface area contributed by atoms with Crippen LogP contribution in [0.3, 0.4) is 0 Å². The molecule has 13 heteroatoms. The largest absolute Gasteiger partial charge is 0.279 e. The Hall–Kier alpha value is -1.36. The maximum absolute atomic E-state index is 11.1. The van der Waals surface area contributed by atoms with E-state index in [-0.39, 0.29) is 20.8 Å². The standard InChI is InChI=1S/C8H10AsNO5.C4H4ClNO2S2/c1-5(11)10-8-6(9(13,14)15)3-2-4-7(8)12;1-3-4(6-2-9-3)10(5,7)8/h2-4,12H,1H3,(H,10,11)(H2,13,14,15);2H,1H3. The van der Waals surface area contributed by atoms with Gasteiger partial charge in [-0.05, 0) is 6.92 Å². The molecule has 0 spiro atoms. The molecular weight excluding hydrogens is 459 g/mol. The number of nitrogens with one attached hydrogen (secondary N) is 1. The maximum Gasteiger partial charge on any atom is 0.279 e. The molecule has 1 heterocycles. The summed E-state index contributed by atoms with van der Waals surface area (Å²) in [5.41, 5.74) is 1.22. The fourth-order valence-corrected chi connectivity index (χ4v) is 5.30. The number of hydrogen-bond donors (Lipinski definition) is 4. The van der Waals surface area contributed by atoms with Gasteiger partial charge in [-0.25, -0.2) is 13.4 Å². The second-order valence-electron chi connectivity index (χ2n) is 4.55. The van der Waals surface area contributed by atoms with Gasteiger partial charge >= 0.3 is 88.1 Å². The van der Waals surface area contributed by atoms with Crippen LogP contribution in [0.1, 0.15) is 11.8 Å². The van der Waals surface area contributed by atoms with E-state index in [1.165, 1.54) is 42.0 Å². The number of nitrogens with zero attached hydrogens (tertiary/aromatic N) is 1. The van der Waals surface area contributed by atoms with Crippen molar-refractivity contribution in [1.82, 2.24) is 4.98 Å². The van der Waals surface area contributed by atoms with Crippen molar-refractivity contribution in [3.63, 3.8) is 0 Å². The monoisotopic (exact) mass is 472 g/mol. The molecular formula is C12H14AsClN2O7S2. The predicted octanol–water partition coefficient (Wildman–Crippen LogP) is 0.291. The summed E-state index contributed by atoms with van der Waals surface area (Å²) in [6.07, 6.45) is 0. The molecule has 4 N–H and O–H groups in total. The predicted molar refractivity (Wildman–Crippen MR) is 92.8 cm³/mol. The first-order valence-electron chi connectivity index (χ1n) is 6.34. The zero-order valence-corrected chi connectivity index (χ0v) is 17.1. The van der Waals surface area contributed by atoms with Crippen LogP contribution in [0.2, 0.25) is 0 Å². The van der Waals surface area contributed by atoms with Crippen LogP contribution in [-0.4, -0.2) is 46.8 Å². The zero-order chi connectivity index (χ0) is 19.4. The van der Waals surface area contributed by atoms with E-state index < -0.39 is 29.1 Å². The van der Waals surface area contributed by atoms with Crippen molar-refractivity contribution in [3.8, 4) is 5.75 Å². The summed E-state index contributed by atoms with van der Waals surface area (Å²) in [6, 6.07) is 3.71. The van der Waals surface area contributed by atoms with Crippen LogP contribution in [0, 0.1) is 6.92 Å². The van der Waals surface area contributed by atoms with Gasteiger partial charge in [0.15, 0.2) is 5.03 Å². The molecule has 0 radical (unpaired) electrons. The van der Waals surface area contributed by atoms with Crippen LogP contribution in [-0.2, 0) is 17.6 Å². The van der Waals surface area contributed by atoms with Crippen LogP contribution < -0.4 is 9.67 Å². The van der Waals surface area contributed by atoms with Crippen LogP contribution >= 0.6 is 22.0 Å². The zero-order valence-electron chi connectivity index (χ0n) is 12.9. The third-order valence-electron chi connectivity index (χ3n) is 2.57. The first kappa shape index (κ1) is 21.7. The number of benzene rings is 1. The fraction of sp³-hybridized carbons (Fsp3) is 0.167. The van der Waals surface area contributed by atoms with Crippen molar-refractivity contribution >= 4 is 61.2 Å². The molecule has 1 aromatic carbocycles. The van der Waals surface area contributed by atoms with Gasteiger partial charge in [0.05, 0.1) is 5.51 Å². The van der Waals surface area contributed by atoms with Crippen molar-refractivity contribution in [1.29, 1.82) is 0 Å². The second kappa shape index (κ2) is 8.35.